The zero-order valence-corrected chi connectivity index (χ0v) is 15.4. The Labute approximate surface area is 157 Å². The van der Waals surface area contributed by atoms with Gasteiger partial charge in [-0.2, -0.15) is 0 Å². The van der Waals surface area contributed by atoms with E-state index in [1.807, 2.05) is 37.3 Å². The largest absolute Gasteiger partial charge is 0.314 e. The van der Waals surface area contributed by atoms with Crippen molar-refractivity contribution in [3.8, 4) is 0 Å². The first-order valence-electron chi connectivity index (χ1n) is 8.80. The molecule has 1 N–H and O–H groups in total. The van der Waals surface area contributed by atoms with Crippen molar-refractivity contribution in [2.75, 3.05) is 19.6 Å². The SMILES string of the molecule is Cc1cccn2c(=O)cc(CN3CCNCC3c3ccccc3Cl)nc12. The van der Waals surface area contributed by atoms with Crippen molar-refractivity contribution in [3.05, 3.63) is 80.9 Å². The minimum absolute atomic E-state index is 0.0434. The number of piperazine rings is 1. The Hall–Kier alpha value is -2.21. The van der Waals surface area contributed by atoms with E-state index in [0.717, 1.165) is 47.1 Å². The molecule has 1 aliphatic rings. The molecule has 5 nitrogen and oxygen atoms in total. The van der Waals surface area contributed by atoms with Gasteiger partial charge in [-0.3, -0.25) is 14.1 Å². The topological polar surface area (TPSA) is 49.6 Å². The third-order valence-electron chi connectivity index (χ3n) is 4.92. The Morgan fingerprint density at radius 3 is 2.96 bits per heavy atom. The van der Waals surface area contributed by atoms with Gasteiger partial charge in [0.1, 0.15) is 5.65 Å². The first-order valence-corrected chi connectivity index (χ1v) is 9.18. The molecule has 4 rings (SSSR count). The van der Waals surface area contributed by atoms with Crippen LogP contribution >= 0.6 is 11.6 Å². The Morgan fingerprint density at radius 1 is 1.27 bits per heavy atom. The monoisotopic (exact) mass is 368 g/mol. The number of rotatable bonds is 3. The number of benzene rings is 1. The van der Waals surface area contributed by atoms with Crippen molar-refractivity contribution < 1.29 is 0 Å². The fourth-order valence-corrected chi connectivity index (χ4v) is 3.85. The molecule has 0 amide bonds. The van der Waals surface area contributed by atoms with Gasteiger partial charge in [-0.1, -0.05) is 35.9 Å². The van der Waals surface area contributed by atoms with E-state index < -0.39 is 0 Å². The van der Waals surface area contributed by atoms with E-state index in [1.165, 1.54) is 0 Å². The predicted octanol–water partition coefficient (Wildman–Crippen LogP) is 2.80. The highest BCUT2D eigenvalue weighted by atomic mass is 35.5. The number of pyridine rings is 1. The van der Waals surface area contributed by atoms with Crippen LogP contribution < -0.4 is 10.9 Å². The lowest BCUT2D eigenvalue weighted by molar-refractivity contribution is 0.152. The number of nitrogens with zero attached hydrogens (tertiary/aromatic N) is 3. The van der Waals surface area contributed by atoms with Crippen LogP contribution in [0.15, 0.2) is 53.5 Å². The third kappa shape index (κ3) is 3.26. The zero-order chi connectivity index (χ0) is 18.1. The van der Waals surface area contributed by atoms with E-state index in [9.17, 15) is 4.79 Å². The van der Waals surface area contributed by atoms with Crippen molar-refractivity contribution >= 4 is 17.2 Å². The molecule has 1 aromatic carbocycles. The Kier molecular flexibility index (Phi) is 4.76. The summed E-state index contributed by atoms with van der Waals surface area (Å²) in [7, 11) is 0. The van der Waals surface area contributed by atoms with E-state index in [2.05, 4.69) is 16.3 Å². The van der Waals surface area contributed by atoms with Gasteiger partial charge >= 0.3 is 0 Å². The van der Waals surface area contributed by atoms with E-state index in [0.29, 0.717) is 6.54 Å². The molecule has 0 bridgehead atoms. The fourth-order valence-electron chi connectivity index (χ4n) is 3.59. The molecular formula is C20H21ClN4O. The summed E-state index contributed by atoms with van der Waals surface area (Å²) in [5.74, 6) is 0. The van der Waals surface area contributed by atoms with Gasteiger partial charge in [-0.15, -0.1) is 0 Å². The van der Waals surface area contributed by atoms with Crippen LogP contribution in [0.2, 0.25) is 5.02 Å². The number of hydrogen-bond acceptors (Lipinski definition) is 4. The average Bonchev–Trinajstić information content (AvgIpc) is 2.64. The minimum atomic E-state index is -0.0434. The van der Waals surface area contributed by atoms with Gasteiger partial charge in [-0.25, -0.2) is 4.98 Å². The van der Waals surface area contributed by atoms with Gasteiger partial charge in [0, 0.05) is 49.5 Å². The second-order valence-corrected chi connectivity index (χ2v) is 7.09. The smallest absolute Gasteiger partial charge is 0.258 e. The Bertz CT molecular complexity index is 1000. The summed E-state index contributed by atoms with van der Waals surface area (Å²) >= 11 is 6.43. The van der Waals surface area contributed by atoms with Crippen LogP contribution in [0.1, 0.15) is 22.9 Å². The maximum Gasteiger partial charge on any atom is 0.258 e. The molecule has 1 unspecified atom stereocenters. The molecule has 1 fully saturated rings. The van der Waals surface area contributed by atoms with E-state index in [-0.39, 0.29) is 11.6 Å². The van der Waals surface area contributed by atoms with Crippen molar-refractivity contribution in [3.63, 3.8) is 0 Å². The van der Waals surface area contributed by atoms with Gasteiger partial charge in [0.2, 0.25) is 0 Å². The zero-order valence-electron chi connectivity index (χ0n) is 14.7. The molecule has 0 radical (unpaired) electrons. The number of nitrogens with one attached hydrogen (secondary N) is 1. The van der Waals surface area contributed by atoms with Crippen molar-refractivity contribution in [1.29, 1.82) is 0 Å². The molecular weight excluding hydrogens is 348 g/mol. The second-order valence-electron chi connectivity index (χ2n) is 6.68. The van der Waals surface area contributed by atoms with Crippen molar-refractivity contribution in [2.24, 2.45) is 0 Å². The number of halogens is 1. The molecule has 1 atom stereocenters. The number of fused-ring (bicyclic) bond motifs is 1. The van der Waals surface area contributed by atoms with E-state index in [1.54, 1.807) is 16.7 Å². The third-order valence-corrected chi connectivity index (χ3v) is 5.27. The van der Waals surface area contributed by atoms with Crippen LogP contribution in [0.25, 0.3) is 5.65 Å². The van der Waals surface area contributed by atoms with Crippen LogP contribution in [-0.2, 0) is 6.54 Å². The van der Waals surface area contributed by atoms with Gasteiger partial charge in [-0.05, 0) is 30.2 Å². The maximum absolute atomic E-state index is 12.5. The Balaban J connectivity index is 1.69. The summed E-state index contributed by atoms with van der Waals surface area (Å²) in [6.07, 6.45) is 1.76. The van der Waals surface area contributed by atoms with Gasteiger partial charge in [0.15, 0.2) is 0 Å². The molecule has 1 aliphatic heterocycles. The maximum atomic E-state index is 12.5. The summed E-state index contributed by atoms with van der Waals surface area (Å²) in [5, 5.41) is 4.21. The standard InChI is InChI=1S/C20H21ClN4O/c1-14-5-4-9-25-19(26)11-15(23-20(14)25)13-24-10-8-22-12-18(24)16-6-2-3-7-17(16)21/h2-7,9,11,18,22H,8,10,12-13H2,1H3. The molecule has 3 heterocycles. The summed E-state index contributed by atoms with van der Waals surface area (Å²) < 4.78 is 1.60. The summed E-state index contributed by atoms with van der Waals surface area (Å²) in [4.78, 5) is 19.6. The lowest BCUT2D eigenvalue weighted by atomic mass is 10.0. The van der Waals surface area contributed by atoms with Gasteiger partial charge in [0.05, 0.1) is 5.69 Å². The highest BCUT2D eigenvalue weighted by molar-refractivity contribution is 6.31. The molecule has 3 aromatic rings. The molecule has 6 heteroatoms. The molecule has 2 aromatic heterocycles. The summed E-state index contributed by atoms with van der Waals surface area (Å²) in [5.41, 5.74) is 3.57. The van der Waals surface area contributed by atoms with Crippen LogP contribution in [-0.4, -0.2) is 33.9 Å². The molecule has 26 heavy (non-hydrogen) atoms. The Morgan fingerprint density at radius 2 is 2.12 bits per heavy atom. The van der Waals surface area contributed by atoms with Crippen LogP contribution in [0.3, 0.4) is 0 Å². The number of hydrogen-bond donors (Lipinski definition) is 1. The quantitative estimate of drug-likeness (QED) is 0.772. The second kappa shape index (κ2) is 7.19. The van der Waals surface area contributed by atoms with Crippen molar-refractivity contribution in [1.82, 2.24) is 19.6 Å². The van der Waals surface area contributed by atoms with E-state index >= 15 is 0 Å². The van der Waals surface area contributed by atoms with Gasteiger partial charge < -0.3 is 5.32 Å². The lowest BCUT2D eigenvalue weighted by Crippen LogP contribution is -2.45. The number of aryl methyl sites for hydroxylation is 1. The van der Waals surface area contributed by atoms with Crippen LogP contribution in [0.5, 0.6) is 0 Å². The van der Waals surface area contributed by atoms with Crippen LogP contribution in [0.4, 0.5) is 0 Å². The fraction of sp³-hybridized carbons (Fsp3) is 0.300. The molecule has 0 saturated carbocycles. The molecule has 0 spiro atoms. The normalized spacial score (nSPS) is 18.3. The molecule has 1 saturated heterocycles. The highest BCUT2D eigenvalue weighted by Crippen LogP contribution is 2.29. The molecule has 134 valence electrons. The van der Waals surface area contributed by atoms with Crippen LogP contribution in [0, 0.1) is 6.92 Å². The van der Waals surface area contributed by atoms with Gasteiger partial charge in [0.25, 0.3) is 5.56 Å². The molecule has 0 aliphatic carbocycles. The summed E-state index contributed by atoms with van der Waals surface area (Å²) in [6.45, 7) is 5.22. The highest BCUT2D eigenvalue weighted by Gasteiger charge is 2.26. The van der Waals surface area contributed by atoms with Crippen molar-refractivity contribution in [2.45, 2.75) is 19.5 Å². The minimum Gasteiger partial charge on any atom is -0.314 e. The lowest BCUT2D eigenvalue weighted by Gasteiger charge is -2.36. The number of aromatic nitrogens is 2. The first-order chi connectivity index (χ1) is 12.6. The van der Waals surface area contributed by atoms with E-state index in [4.69, 9.17) is 16.6 Å². The average molecular weight is 369 g/mol. The predicted molar refractivity (Wildman–Crippen MR) is 104 cm³/mol. The first kappa shape index (κ1) is 17.2. The summed E-state index contributed by atoms with van der Waals surface area (Å²) in [6, 6.07) is 13.6.